The zero-order valence-electron chi connectivity index (χ0n) is 31.7. The smallest absolute Gasteiger partial charge is 0.249 e. The molecule has 0 saturated heterocycles. The minimum atomic E-state index is -1.09. The molecule has 0 fully saturated rings. The van der Waals surface area contributed by atoms with Crippen LogP contribution in [-0.4, -0.2) is 46.1 Å². The van der Waals surface area contributed by atoms with E-state index in [0.29, 0.717) is 6.42 Å². The number of carbonyl (C=O) groups excluding carboxylic acids is 1. The second-order valence-corrected chi connectivity index (χ2v) is 14.6. The lowest BCUT2D eigenvalue weighted by Crippen LogP contribution is -2.48. The molecule has 0 rings (SSSR count). The van der Waals surface area contributed by atoms with Crippen LogP contribution in [0.15, 0.2) is 12.2 Å². The zero-order chi connectivity index (χ0) is 34.5. The molecule has 0 spiro atoms. The molecule has 0 aromatic rings. The van der Waals surface area contributed by atoms with Crippen LogP contribution < -0.4 is 5.32 Å². The molecule has 0 radical (unpaired) electrons. The van der Waals surface area contributed by atoms with Gasteiger partial charge < -0.3 is 20.6 Å². The molecule has 4 N–H and O–H groups in total. The van der Waals surface area contributed by atoms with Gasteiger partial charge in [-0.1, -0.05) is 219 Å². The van der Waals surface area contributed by atoms with E-state index in [1.165, 1.54) is 173 Å². The van der Waals surface area contributed by atoms with Crippen molar-refractivity contribution in [3.05, 3.63) is 12.2 Å². The Bertz CT molecular complexity index is 655. The highest BCUT2D eigenvalue weighted by Gasteiger charge is 2.22. The Balaban J connectivity index is 3.63. The summed E-state index contributed by atoms with van der Waals surface area (Å²) in [7, 11) is 0. The van der Waals surface area contributed by atoms with Gasteiger partial charge in [0.25, 0.3) is 0 Å². The maximum absolute atomic E-state index is 12.4. The van der Waals surface area contributed by atoms with Crippen LogP contribution in [0.4, 0.5) is 0 Å². The van der Waals surface area contributed by atoms with Gasteiger partial charge in [0.15, 0.2) is 0 Å². The maximum Gasteiger partial charge on any atom is 0.249 e. The quantitative estimate of drug-likeness (QED) is 0.0390. The number of carbonyl (C=O) groups is 1. The van der Waals surface area contributed by atoms with E-state index in [0.717, 1.165) is 32.1 Å². The van der Waals surface area contributed by atoms with Crippen LogP contribution in [0.2, 0.25) is 0 Å². The van der Waals surface area contributed by atoms with Crippen LogP contribution >= 0.6 is 0 Å². The number of aliphatic hydroxyl groups excluding tert-OH is 3. The minimum Gasteiger partial charge on any atom is -0.394 e. The van der Waals surface area contributed by atoms with Gasteiger partial charge in [0, 0.05) is 0 Å². The highest BCUT2D eigenvalue weighted by molar-refractivity contribution is 5.80. The van der Waals surface area contributed by atoms with Crippen molar-refractivity contribution in [3.8, 4) is 0 Å². The Morgan fingerprint density at radius 1 is 0.511 bits per heavy atom. The maximum atomic E-state index is 12.4. The molecule has 47 heavy (non-hydrogen) atoms. The summed E-state index contributed by atoms with van der Waals surface area (Å²) in [5.41, 5.74) is 0. The fraction of sp³-hybridized carbons (Fsp3) is 0.929. The van der Waals surface area contributed by atoms with Gasteiger partial charge in [-0.3, -0.25) is 4.79 Å². The van der Waals surface area contributed by atoms with Crippen molar-refractivity contribution in [2.45, 2.75) is 244 Å². The summed E-state index contributed by atoms with van der Waals surface area (Å²) in [5.74, 6) is -0.500. The predicted molar refractivity (Wildman–Crippen MR) is 204 cm³/mol. The molecule has 0 aliphatic heterocycles. The van der Waals surface area contributed by atoms with Crippen LogP contribution in [0, 0.1) is 0 Å². The van der Waals surface area contributed by atoms with Crippen molar-refractivity contribution in [3.63, 3.8) is 0 Å². The van der Waals surface area contributed by atoms with Crippen molar-refractivity contribution in [1.82, 2.24) is 5.32 Å². The first-order valence-corrected chi connectivity index (χ1v) is 21.0. The van der Waals surface area contributed by atoms with E-state index < -0.39 is 24.2 Å². The third-order valence-corrected chi connectivity index (χ3v) is 9.88. The third-order valence-electron chi connectivity index (χ3n) is 9.88. The molecule has 0 aliphatic carbocycles. The van der Waals surface area contributed by atoms with E-state index >= 15 is 0 Å². The molecule has 0 bridgehead atoms. The summed E-state index contributed by atoms with van der Waals surface area (Å²) >= 11 is 0. The van der Waals surface area contributed by atoms with Crippen LogP contribution in [0.5, 0.6) is 0 Å². The number of allylic oxidation sites excluding steroid dienone is 1. The fourth-order valence-corrected chi connectivity index (χ4v) is 6.54. The van der Waals surface area contributed by atoms with Gasteiger partial charge in [0.2, 0.25) is 5.91 Å². The van der Waals surface area contributed by atoms with Crippen molar-refractivity contribution < 1.29 is 20.1 Å². The fourth-order valence-electron chi connectivity index (χ4n) is 6.54. The first-order chi connectivity index (χ1) is 23.1. The van der Waals surface area contributed by atoms with E-state index in [4.69, 9.17) is 0 Å². The van der Waals surface area contributed by atoms with Gasteiger partial charge in [0.1, 0.15) is 6.10 Å². The average molecular weight is 666 g/mol. The lowest BCUT2D eigenvalue weighted by Gasteiger charge is -2.21. The molecule has 280 valence electrons. The topological polar surface area (TPSA) is 89.8 Å². The Kier molecular flexibility index (Phi) is 37.2. The highest BCUT2D eigenvalue weighted by Crippen LogP contribution is 2.16. The van der Waals surface area contributed by atoms with Crippen molar-refractivity contribution in [2.24, 2.45) is 0 Å². The monoisotopic (exact) mass is 666 g/mol. The summed E-state index contributed by atoms with van der Waals surface area (Å²) in [6.07, 6.45) is 43.8. The SMILES string of the molecule is CCCCCCCCCCCCCC=C[C@@H](O)[C@H](CO)NC(=O)[C@@H](O)CCCCCCCCCCCCCCCCCCCCCC. The standard InChI is InChI=1S/C42H83NO4/c1-3-5-7-9-11-13-15-17-18-19-20-21-22-23-25-27-29-31-33-35-37-41(46)42(47)43-39(38-44)40(45)36-34-32-30-28-26-24-16-14-12-10-8-6-4-2/h34,36,39-41,44-46H,3-33,35,37-38H2,1-2H3,(H,43,47)/t39-,40+,41-/m0/s1. The van der Waals surface area contributed by atoms with Gasteiger partial charge in [-0.15, -0.1) is 0 Å². The molecule has 0 heterocycles. The van der Waals surface area contributed by atoms with Crippen LogP contribution in [0.1, 0.15) is 226 Å². The number of hydrogen-bond acceptors (Lipinski definition) is 4. The van der Waals surface area contributed by atoms with Gasteiger partial charge in [-0.05, 0) is 19.3 Å². The third kappa shape index (κ3) is 33.4. The Hall–Kier alpha value is -0.910. The summed E-state index contributed by atoms with van der Waals surface area (Å²) < 4.78 is 0. The van der Waals surface area contributed by atoms with Gasteiger partial charge in [-0.25, -0.2) is 0 Å². The Morgan fingerprint density at radius 2 is 0.830 bits per heavy atom. The average Bonchev–Trinajstić information content (AvgIpc) is 3.07. The molecule has 5 heteroatoms. The molecular formula is C42H83NO4. The van der Waals surface area contributed by atoms with Crippen LogP contribution in [0.25, 0.3) is 0 Å². The van der Waals surface area contributed by atoms with E-state index in [-0.39, 0.29) is 6.61 Å². The number of rotatable bonds is 38. The first kappa shape index (κ1) is 46.1. The Morgan fingerprint density at radius 3 is 1.17 bits per heavy atom. The van der Waals surface area contributed by atoms with Crippen LogP contribution in [0.3, 0.4) is 0 Å². The molecule has 0 unspecified atom stereocenters. The number of unbranched alkanes of at least 4 members (excludes halogenated alkanes) is 30. The zero-order valence-corrected chi connectivity index (χ0v) is 31.7. The van der Waals surface area contributed by atoms with Crippen LogP contribution in [-0.2, 0) is 4.79 Å². The van der Waals surface area contributed by atoms with E-state index in [1.807, 2.05) is 6.08 Å². The molecule has 3 atom stereocenters. The molecule has 0 aromatic carbocycles. The number of amides is 1. The highest BCUT2D eigenvalue weighted by atomic mass is 16.3. The van der Waals surface area contributed by atoms with Gasteiger partial charge in [-0.2, -0.15) is 0 Å². The summed E-state index contributed by atoms with van der Waals surface area (Å²) in [5, 5.41) is 33.1. The number of nitrogens with one attached hydrogen (secondary N) is 1. The summed E-state index contributed by atoms with van der Waals surface area (Å²) in [6.45, 7) is 4.18. The molecule has 0 saturated carbocycles. The minimum absolute atomic E-state index is 0.359. The summed E-state index contributed by atoms with van der Waals surface area (Å²) in [6, 6.07) is -0.791. The second-order valence-electron chi connectivity index (χ2n) is 14.6. The van der Waals surface area contributed by atoms with E-state index in [9.17, 15) is 20.1 Å². The molecule has 1 amide bonds. The normalized spacial score (nSPS) is 13.7. The van der Waals surface area contributed by atoms with Crippen molar-refractivity contribution in [1.29, 1.82) is 0 Å². The molecule has 0 aromatic heterocycles. The van der Waals surface area contributed by atoms with Gasteiger partial charge in [0.05, 0.1) is 18.8 Å². The molecule has 0 aliphatic rings. The number of hydrogen-bond donors (Lipinski definition) is 4. The second kappa shape index (κ2) is 37.9. The van der Waals surface area contributed by atoms with Gasteiger partial charge >= 0.3 is 0 Å². The number of aliphatic hydroxyl groups is 3. The van der Waals surface area contributed by atoms with Crippen molar-refractivity contribution >= 4 is 5.91 Å². The van der Waals surface area contributed by atoms with Crippen molar-refractivity contribution in [2.75, 3.05) is 6.61 Å². The Labute approximate surface area is 293 Å². The van der Waals surface area contributed by atoms with E-state index in [1.54, 1.807) is 6.08 Å². The first-order valence-electron chi connectivity index (χ1n) is 21.0. The molecular weight excluding hydrogens is 582 g/mol. The summed E-state index contributed by atoms with van der Waals surface area (Å²) in [4.78, 5) is 12.4. The van der Waals surface area contributed by atoms with E-state index in [2.05, 4.69) is 19.2 Å². The molecule has 5 nitrogen and oxygen atoms in total. The lowest BCUT2D eigenvalue weighted by atomic mass is 10.0. The largest absolute Gasteiger partial charge is 0.394 e. The lowest BCUT2D eigenvalue weighted by molar-refractivity contribution is -0.131. The predicted octanol–water partition coefficient (Wildman–Crippen LogP) is 11.7.